The number of ether oxygens (including phenoxy) is 2. The standard InChI is InChI=1S/C29H37N3O5/c1-29(2)19-32(18-23(34)17-31-12-9-21-5-3-4-6-22(21)16-31)28(35)26-8-7-25(15-27(26)37-29)36-24-10-13-30(20-33)14-11-24/h3-8,15,20,23-24,34H,9-14,16-19H2,1-2H3. The number of carbonyl (C=O) groups excluding carboxylic acids is 2. The summed E-state index contributed by atoms with van der Waals surface area (Å²) >= 11 is 0. The molecule has 0 radical (unpaired) electrons. The Morgan fingerprint density at radius 2 is 1.86 bits per heavy atom. The van der Waals surface area contributed by atoms with Gasteiger partial charge in [0.05, 0.1) is 18.2 Å². The van der Waals surface area contributed by atoms with Crippen molar-refractivity contribution >= 4 is 12.3 Å². The maximum absolute atomic E-state index is 13.5. The molecule has 8 heteroatoms. The zero-order chi connectivity index (χ0) is 26.0. The zero-order valence-electron chi connectivity index (χ0n) is 21.8. The second-order valence-corrected chi connectivity index (χ2v) is 11.1. The molecule has 1 saturated heterocycles. The fourth-order valence-electron chi connectivity index (χ4n) is 5.63. The minimum absolute atomic E-state index is 0.0251. The Morgan fingerprint density at radius 3 is 2.62 bits per heavy atom. The molecule has 1 N–H and O–H groups in total. The largest absolute Gasteiger partial charge is 0.490 e. The first kappa shape index (κ1) is 25.5. The Bertz CT molecular complexity index is 1130. The average Bonchev–Trinajstić information content (AvgIpc) is 2.97. The first-order valence-corrected chi connectivity index (χ1v) is 13.3. The van der Waals surface area contributed by atoms with Gasteiger partial charge < -0.3 is 24.4 Å². The number of β-amino-alcohol motifs (C(OH)–C–C–N with tert-alkyl or cyclic N) is 1. The molecule has 2 amide bonds. The summed E-state index contributed by atoms with van der Waals surface area (Å²) in [5, 5.41) is 11.0. The average molecular weight is 508 g/mol. The van der Waals surface area contributed by atoms with Crippen molar-refractivity contribution in [3.8, 4) is 11.5 Å². The first-order valence-electron chi connectivity index (χ1n) is 13.3. The van der Waals surface area contributed by atoms with Crippen molar-refractivity contribution in [1.29, 1.82) is 0 Å². The molecule has 0 spiro atoms. The van der Waals surface area contributed by atoms with Crippen LogP contribution in [0.4, 0.5) is 0 Å². The van der Waals surface area contributed by atoms with E-state index in [0.717, 1.165) is 38.8 Å². The van der Waals surface area contributed by atoms with Crippen LogP contribution < -0.4 is 9.47 Å². The number of likely N-dealkylation sites (tertiary alicyclic amines) is 1. The molecule has 0 bridgehead atoms. The van der Waals surface area contributed by atoms with Gasteiger partial charge in [0.2, 0.25) is 6.41 Å². The molecule has 3 aliphatic heterocycles. The van der Waals surface area contributed by atoms with E-state index >= 15 is 0 Å². The maximum Gasteiger partial charge on any atom is 0.257 e. The van der Waals surface area contributed by atoms with Gasteiger partial charge in [0, 0.05) is 58.2 Å². The molecular weight excluding hydrogens is 470 g/mol. The second-order valence-electron chi connectivity index (χ2n) is 11.1. The van der Waals surface area contributed by atoms with Crippen LogP contribution in [0.15, 0.2) is 42.5 Å². The predicted molar refractivity (Wildman–Crippen MR) is 140 cm³/mol. The lowest BCUT2D eigenvalue weighted by atomic mass is 9.99. The lowest BCUT2D eigenvalue weighted by molar-refractivity contribution is -0.119. The van der Waals surface area contributed by atoms with Crippen LogP contribution in [0.25, 0.3) is 0 Å². The molecule has 1 atom stereocenters. The summed E-state index contributed by atoms with van der Waals surface area (Å²) in [7, 11) is 0. The topological polar surface area (TPSA) is 82.6 Å². The highest BCUT2D eigenvalue weighted by atomic mass is 16.5. The summed E-state index contributed by atoms with van der Waals surface area (Å²) in [6.45, 7) is 8.13. The van der Waals surface area contributed by atoms with Gasteiger partial charge in [0.1, 0.15) is 23.2 Å². The second kappa shape index (κ2) is 10.7. The fourth-order valence-corrected chi connectivity index (χ4v) is 5.63. The molecule has 3 heterocycles. The minimum atomic E-state index is -0.661. The molecule has 2 aromatic carbocycles. The number of rotatable bonds is 7. The van der Waals surface area contributed by atoms with Crippen molar-refractivity contribution in [3.63, 3.8) is 0 Å². The molecule has 198 valence electrons. The van der Waals surface area contributed by atoms with Gasteiger partial charge in [-0.15, -0.1) is 0 Å². The number of aliphatic hydroxyl groups is 1. The maximum atomic E-state index is 13.5. The van der Waals surface area contributed by atoms with Crippen molar-refractivity contribution in [3.05, 3.63) is 59.2 Å². The van der Waals surface area contributed by atoms with E-state index in [0.29, 0.717) is 43.2 Å². The highest BCUT2D eigenvalue weighted by Gasteiger charge is 2.35. The van der Waals surface area contributed by atoms with Crippen LogP contribution in [0, 0.1) is 0 Å². The van der Waals surface area contributed by atoms with Crippen molar-refractivity contribution in [1.82, 2.24) is 14.7 Å². The molecule has 0 aliphatic carbocycles. The molecule has 2 aromatic rings. The number of aliphatic hydroxyl groups excluding tert-OH is 1. The summed E-state index contributed by atoms with van der Waals surface area (Å²) in [5.74, 6) is 1.02. The van der Waals surface area contributed by atoms with Crippen molar-refractivity contribution in [2.45, 2.75) is 57.5 Å². The quantitative estimate of drug-likeness (QED) is 0.581. The van der Waals surface area contributed by atoms with E-state index in [1.54, 1.807) is 21.9 Å². The van der Waals surface area contributed by atoms with E-state index < -0.39 is 11.7 Å². The lowest BCUT2D eigenvalue weighted by Crippen LogP contribution is -2.48. The molecule has 37 heavy (non-hydrogen) atoms. The number of benzene rings is 2. The molecule has 5 rings (SSSR count). The van der Waals surface area contributed by atoms with Crippen LogP contribution in [0.2, 0.25) is 0 Å². The SMILES string of the molecule is CC1(C)CN(CC(O)CN2CCc3ccccc3C2)C(=O)c2ccc(OC3CCN(C=O)CC3)cc2O1. The Labute approximate surface area is 218 Å². The molecule has 3 aliphatic rings. The van der Waals surface area contributed by atoms with E-state index in [-0.39, 0.29) is 18.6 Å². The Kier molecular flexibility index (Phi) is 7.40. The number of nitrogens with zero attached hydrogens (tertiary/aromatic N) is 3. The van der Waals surface area contributed by atoms with Crippen LogP contribution in [0.5, 0.6) is 11.5 Å². The van der Waals surface area contributed by atoms with Gasteiger partial charge in [-0.3, -0.25) is 14.5 Å². The molecule has 8 nitrogen and oxygen atoms in total. The van der Waals surface area contributed by atoms with Crippen LogP contribution in [0.1, 0.15) is 48.2 Å². The summed E-state index contributed by atoms with van der Waals surface area (Å²) in [4.78, 5) is 30.2. The van der Waals surface area contributed by atoms with Crippen LogP contribution in [-0.4, -0.2) is 89.2 Å². The van der Waals surface area contributed by atoms with E-state index in [9.17, 15) is 14.7 Å². The molecule has 0 aromatic heterocycles. The van der Waals surface area contributed by atoms with E-state index in [1.165, 1.54) is 11.1 Å². The normalized spacial score (nSPS) is 20.9. The Balaban J connectivity index is 1.24. The van der Waals surface area contributed by atoms with Crippen LogP contribution in [0.3, 0.4) is 0 Å². The monoisotopic (exact) mass is 507 g/mol. The van der Waals surface area contributed by atoms with Crippen molar-refractivity contribution in [2.24, 2.45) is 0 Å². The number of carbonyl (C=O) groups is 2. The van der Waals surface area contributed by atoms with Gasteiger partial charge in [-0.05, 0) is 43.5 Å². The predicted octanol–water partition coefficient (Wildman–Crippen LogP) is 2.72. The summed E-state index contributed by atoms with van der Waals surface area (Å²) in [6, 6.07) is 13.8. The van der Waals surface area contributed by atoms with Gasteiger partial charge >= 0.3 is 0 Å². The van der Waals surface area contributed by atoms with Gasteiger partial charge in [0.15, 0.2) is 0 Å². The van der Waals surface area contributed by atoms with Gasteiger partial charge in [-0.2, -0.15) is 0 Å². The van der Waals surface area contributed by atoms with Gasteiger partial charge in [-0.25, -0.2) is 0 Å². The van der Waals surface area contributed by atoms with E-state index in [4.69, 9.17) is 9.47 Å². The first-order chi connectivity index (χ1) is 17.8. The highest BCUT2D eigenvalue weighted by Crippen LogP contribution is 2.34. The molecular formula is C29H37N3O5. The molecule has 0 saturated carbocycles. The number of piperidine rings is 1. The smallest absolute Gasteiger partial charge is 0.257 e. The lowest BCUT2D eigenvalue weighted by Gasteiger charge is -2.33. The summed E-state index contributed by atoms with van der Waals surface area (Å²) < 4.78 is 12.5. The zero-order valence-corrected chi connectivity index (χ0v) is 21.8. The third kappa shape index (κ3) is 6.08. The van der Waals surface area contributed by atoms with Crippen molar-refractivity contribution in [2.75, 3.05) is 39.3 Å². The number of hydrogen-bond donors (Lipinski definition) is 1. The number of amides is 2. The van der Waals surface area contributed by atoms with Crippen LogP contribution in [-0.2, 0) is 17.8 Å². The third-order valence-corrected chi connectivity index (χ3v) is 7.47. The highest BCUT2D eigenvalue weighted by molar-refractivity contribution is 5.97. The van der Waals surface area contributed by atoms with Crippen molar-refractivity contribution < 1.29 is 24.2 Å². The van der Waals surface area contributed by atoms with E-state index in [1.807, 2.05) is 19.9 Å². The third-order valence-electron chi connectivity index (χ3n) is 7.47. The Hall–Kier alpha value is -3.10. The molecule has 1 unspecified atom stereocenters. The minimum Gasteiger partial charge on any atom is -0.490 e. The fraction of sp³-hybridized carbons (Fsp3) is 0.517. The van der Waals surface area contributed by atoms with Gasteiger partial charge in [0.25, 0.3) is 5.91 Å². The Morgan fingerprint density at radius 1 is 1.11 bits per heavy atom. The van der Waals surface area contributed by atoms with Crippen LogP contribution >= 0.6 is 0 Å². The molecule has 1 fully saturated rings. The number of fused-ring (bicyclic) bond motifs is 2. The van der Waals surface area contributed by atoms with E-state index in [2.05, 4.69) is 29.2 Å². The summed E-state index contributed by atoms with van der Waals surface area (Å²) in [6.07, 6.45) is 2.77. The number of hydrogen-bond acceptors (Lipinski definition) is 6. The summed E-state index contributed by atoms with van der Waals surface area (Å²) in [5.41, 5.74) is 2.54. The van der Waals surface area contributed by atoms with Gasteiger partial charge in [-0.1, -0.05) is 24.3 Å².